The number of para-hydroxylation sites is 1. The Morgan fingerprint density at radius 1 is 1.22 bits per heavy atom. The Morgan fingerprint density at radius 2 is 1.89 bits per heavy atom. The van der Waals surface area contributed by atoms with Crippen LogP contribution in [0.2, 0.25) is 5.02 Å². The van der Waals surface area contributed by atoms with Crippen molar-refractivity contribution in [3.05, 3.63) is 28.8 Å². The van der Waals surface area contributed by atoms with E-state index in [2.05, 4.69) is 44.0 Å². The molecule has 0 atom stereocenters. The van der Waals surface area contributed by atoms with Crippen LogP contribution in [0.25, 0.3) is 0 Å². The van der Waals surface area contributed by atoms with Crippen LogP contribution in [-0.4, -0.2) is 19.6 Å². The summed E-state index contributed by atoms with van der Waals surface area (Å²) in [5.74, 6) is 0.617. The average molecular weight is 269 g/mol. The van der Waals surface area contributed by atoms with Crippen molar-refractivity contribution in [2.45, 2.75) is 40.3 Å². The molecule has 1 aromatic carbocycles. The van der Waals surface area contributed by atoms with Crippen LogP contribution in [0.4, 0.5) is 5.69 Å². The zero-order valence-electron chi connectivity index (χ0n) is 12.1. The molecule has 1 rings (SSSR count). The van der Waals surface area contributed by atoms with Gasteiger partial charge < -0.3 is 10.2 Å². The van der Waals surface area contributed by atoms with Gasteiger partial charge in [0.05, 0.1) is 10.7 Å². The van der Waals surface area contributed by atoms with Crippen molar-refractivity contribution in [1.29, 1.82) is 0 Å². The number of hydrogen-bond acceptors (Lipinski definition) is 2. The fourth-order valence-electron chi connectivity index (χ4n) is 2.17. The van der Waals surface area contributed by atoms with Crippen LogP contribution in [0.5, 0.6) is 0 Å². The van der Waals surface area contributed by atoms with E-state index in [4.69, 9.17) is 11.6 Å². The first-order valence-corrected chi connectivity index (χ1v) is 7.03. The number of anilines is 1. The van der Waals surface area contributed by atoms with Gasteiger partial charge in [-0.15, -0.1) is 0 Å². The number of halogens is 1. The molecule has 0 aliphatic carbocycles. The molecule has 0 aromatic heterocycles. The molecule has 0 saturated heterocycles. The maximum Gasteiger partial charge on any atom is 0.0643 e. The Balaban J connectivity index is 3.16. The van der Waals surface area contributed by atoms with Gasteiger partial charge in [0.25, 0.3) is 0 Å². The Kier molecular flexibility index (Phi) is 5.97. The van der Waals surface area contributed by atoms with Gasteiger partial charge in [0.2, 0.25) is 0 Å². The predicted octanol–water partition coefficient (Wildman–Crippen LogP) is 3.93. The number of nitrogens with one attached hydrogen (secondary N) is 1. The van der Waals surface area contributed by atoms with Crippen LogP contribution >= 0.6 is 11.6 Å². The molecule has 18 heavy (non-hydrogen) atoms. The summed E-state index contributed by atoms with van der Waals surface area (Å²) < 4.78 is 0. The molecule has 0 fully saturated rings. The molecule has 0 aliphatic rings. The summed E-state index contributed by atoms with van der Waals surface area (Å²) in [5, 5.41) is 4.06. The first kappa shape index (κ1) is 15.3. The van der Waals surface area contributed by atoms with E-state index in [-0.39, 0.29) is 0 Å². The maximum atomic E-state index is 6.42. The summed E-state index contributed by atoms with van der Waals surface area (Å²) >= 11 is 6.42. The summed E-state index contributed by atoms with van der Waals surface area (Å²) in [7, 11) is 1.97. The molecule has 0 heterocycles. The van der Waals surface area contributed by atoms with E-state index in [0.29, 0.717) is 12.0 Å². The van der Waals surface area contributed by atoms with Crippen molar-refractivity contribution in [2.24, 2.45) is 5.92 Å². The third-order valence-electron chi connectivity index (χ3n) is 2.91. The van der Waals surface area contributed by atoms with E-state index >= 15 is 0 Å². The number of nitrogens with zero attached hydrogens (tertiary/aromatic N) is 1. The summed E-state index contributed by atoms with van der Waals surface area (Å²) in [6.45, 7) is 10.8. The normalized spacial score (nSPS) is 11.3. The summed E-state index contributed by atoms with van der Waals surface area (Å²) in [6, 6.07) is 6.59. The van der Waals surface area contributed by atoms with Crippen molar-refractivity contribution >= 4 is 17.3 Å². The van der Waals surface area contributed by atoms with Gasteiger partial charge >= 0.3 is 0 Å². The van der Waals surface area contributed by atoms with E-state index < -0.39 is 0 Å². The van der Waals surface area contributed by atoms with Gasteiger partial charge in [-0.25, -0.2) is 0 Å². The molecule has 1 N–H and O–H groups in total. The van der Waals surface area contributed by atoms with Gasteiger partial charge in [-0.2, -0.15) is 0 Å². The lowest BCUT2D eigenvalue weighted by Gasteiger charge is -2.33. The Bertz CT molecular complexity index is 375. The second kappa shape index (κ2) is 7.01. The summed E-state index contributed by atoms with van der Waals surface area (Å²) in [6.07, 6.45) is 0. The van der Waals surface area contributed by atoms with E-state index in [1.165, 1.54) is 11.3 Å². The van der Waals surface area contributed by atoms with E-state index in [0.717, 1.165) is 18.1 Å². The lowest BCUT2D eigenvalue weighted by molar-refractivity contribution is 0.568. The van der Waals surface area contributed by atoms with Crippen molar-refractivity contribution in [2.75, 3.05) is 18.5 Å². The van der Waals surface area contributed by atoms with Crippen molar-refractivity contribution in [3.8, 4) is 0 Å². The Hall–Kier alpha value is -0.730. The second-order valence-electron chi connectivity index (χ2n) is 5.42. The van der Waals surface area contributed by atoms with Gasteiger partial charge in [0.15, 0.2) is 0 Å². The van der Waals surface area contributed by atoms with Crippen LogP contribution in [0.1, 0.15) is 33.3 Å². The number of benzene rings is 1. The molecular weight excluding hydrogens is 244 g/mol. The highest BCUT2D eigenvalue weighted by atomic mass is 35.5. The number of hydrogen-bond donors (Lipinski definition) is 1. The topological polar surface area (TPSA) is 15.3 Å². The minimum atomic E-state index is 0.447. The number of rotatable bonds is 6. The summed E-state index contributed by atoms with van der Waals surface area (Å²) in [4.78, 5) is 2.40. The van der Waals surface area contributed by atoms with Crippen LogP contribution in [0.15, 0.2) is 18.2 Å². The van der Waals surface area contributed by atoms with E-state index in [1.807, 2.05) is 19.2 Å². The molecule has 0 aliphatic heterocycles. The zero-order chi connectivity index (χ0) is 13.7. The fraction of sp³-hybridized carbons (Fsp3) is 0.600. The summed E-state index contributed by atoms with van der Waals surface area (Å²) in [5.41, 5.74) is 2.44. The molecule has 0 saturated carbocycles. The highest BCUT2D eigenvalue weighted by Crippen LogP contribution is 2.32. The molecule has 3 heteroatoms. The van der Waals surface area contributed by atoms with E-state index in [1.54, 1.807) is 0 Å². The second-order valence-corrected chi connectivity index (χ2v) is 5.83. The smallest absolute Gasteiger partial charge is 0.0643 e. The Labute approximate surface area is 116 Å². The first-order chi connectivity index (χ1) is 8.47. The molecule has 102 valence electrons. The minimum Gasteiger partial charge on any atom is -0.367 e. The third kappa shape index (κ3) is 3.89. The SMILES string of the molecule is CNCc1cccc(Cl)c1N(CC(C)C)C(C)C. The molecule has 0 spiro atoms. The Morgan fingerprint density at radius 3 is 2.39 bits per heavy atom. The van der Waals surface area contributed by atoms with Crippen molar-refractivity contribution < 1.29 is 0 Å². The molecule has 0 radical (unpaired) electrons. The van der Waals surface area contributed by atoms with Gasteiger partial charge in [-0.05, 0) is 38.4 Å². The van der Waals surface area contributed by atoms with Gasteiger partial charge in [0, 0.05) is 19.1 Å². The lowest BCUT2D eigenvalue weighted by Crippen LogP contribution is -2.35. The standard InChI is InChI=1S/C15H25ClN2/c1-11(2)10-18(12(3)4)15-13(9-17-5)7-6-8-14(15)16/h6-8,11-12,17H,9-10H2,1-5H3. The predicted molar refractivity (Wildman–Crippen MR) is 81.5 cm³/mol. The first-order valence-electron chi connectivity index (χ1n) is 6.66. The molecule has 0 bridgehead atoms. The largest absolute Gasteiger partial charge is 0.367 e. The van der Waals surface area contributed by atoms with E-state index in [9.17, 15) is 0 Å². The minimum absolute atomic E-state index is 0.447. The maximum absolute atomic E-state index is 6.42. The van der Waals surface area contributed by atoms with Crippen molar-refractivity contribution in [3.63, 3.8) is 0 Å². The van der Waals surface area contributed by atoms with Gasteiger partial charge in [-0.3, -0.25) is 0 Å². The van der Waals surface area contributed by atoms with Gasteiger partial charge in [0.1, 0.15) is 0 Å². The molecular formula is C15H25ClN2. The zero-order valence-corrected chi connectivity index (χ0v) is 12.9. The quantitative estimate of drug-likeness (QED) is 0.841. The van der Waals surface area contributed by atoms with Crippen LogP contribution in [-0.2, 0) is 6.54 Å². The fourth-order valence-corrected chi connectivity index (χ4v) is 2.47. The van der Waals surface area contributed by atoms with Crippen LogP contribution in [0.3, 0.4) is 0 Å². The van der Waals surface area contributed by atoms with Crippen LogP contribution < -0.4 is 10.2 Å². The average Bonchev–Trinajstić information content (AvgIpc) is 2.27. The van der Waals surface area contributed by atoms with Gasteiger partial charge in [-0.1, -0.05) is 37.6 Å². The van der Waals surface area contributed by atoms with Crippen molar-refractivity contribution in [1.82, 2.24) is 5.32 Å². The van der Waals surface area contributed by atoms with Crippen LogP contribution in [0, 0.1) is 5.92 Å². The lowest BCUT2D eigenvalue weighted by atomic mass is 10.1. The molecule has 2 nitrogen and oxygen atoms in total. The third-order valence-corrected chi connectivity index (χ3v) is 3.21. The highest BCUT2D eigenvalue weighted by molar-refractivity contribution is 6.33. The molecule has 0 amide bonds. The molecule has 0 unspecified atom stereocenters. The highest BCUT2D eigenvalue weighted by Gasteiger charge is 2.18. The molecule has 1 aromatic rings. The monoisotopic (exact) mass is 268 g/mol.